The van der Waals surface area contributed by atoms with Crippen molar-refractivity contribution in [3.8, 4) is 17.2 Å². The van der Waals surface area contributed by atoms with Gasteiger partial charge in [-0.05, 0) is 46.7 Å². The molecular formula is C31H14BFN2O3. The zero-order valence-electron chi connectivity index (χ0n) is 19.7. The van der Waals surface area contributed by atoms with E-state index in [9.17, 15) is 0 Å². The van der Waals surface area contributed by atoms with Crippen LogP contribution in [0.5, 0.6) is 11.5 Å². The molecule has 0 aliphatic carbocycles. The highest BCUT2D eigenvalue weighted by molar-refractivity contribution is 6.99. The molecule has 8 aromatic rings. The minimum absolute atomic E-state index is 0.203. The summed E-state index contributed by atoms with van der Waals surface area (Å²) in [6, 6.07) is 27.9. The van der Waals surface area contributed by atoms with E-state index in [1.54, 1.807) is 4.57 Å². The van der Waals surface area contributed by atoms with Gasteiger partial charge in [-0.1, -0.05) is 54.6 Å². The Morgan fingerprint density at radius 3 is 2.45 bits per heavy atom. The number of imidazole rings is 1. The molecule has 0 saturated heterocycles. The van der Waals surface area contributed by atoms with Gasteiger partial charge in [0.25, 0.3) is 12.8 Å². The highest BCUT2D eigenvalue weighted by Crippen LogP contribution is 2.41. The van der Waals surface area contributed by atoms with E-state index in [4.69, 9.17) is 13.6 Å². The Morgan fingerprint density at radius 1 is 0.737 bits per heavy atom. The number of hydrogen-bond acceptors (Lipinski definition) is 4. The molecule has 0 spiro atoms. The van der Waals surface area contributed by atoms with Gasteiger partial charge in [0.1, 0.15) is 28.0 Å². The van der Waals surface area contributed by atoms with Crippen molar-refractivity contribution < 1.29 is 18.0 Å². The summed E-state index contributed by atoms with van der Waals surface area (Å²) in [5.41, 5.74) is 7.90. The summed E-state index contributed by atoms with van der Waals surface area (Å²) < 4.78 is 36.5. The third-order valence-electron chi connectivity index (χ3n) is 8.19. The second-order valence-electron chi connectivity index (χ2n) is 10.0. The Balaban J connectivity index is 1.39. The number of halogens is 1. The first-order chi connectivity index (χ1) is 18.8. The maximum Gasteiger partial charge on any atom is 0.294 e. The molecule has 0 radical (unpaired) electrons. The van der Waals surface area contributed by atoms with E-state index in [1.807, 2.05) is 60.7 Å². The van der Waals surface area contributed by atoms with Crippen LogP contribution in [0.4, 0.5) is 4.39 Å². The standard InChI is InChI=1S/C31H14BFN2O3/c33-31-34-27-25-17-7-2-4-10-22(17)36-24(25)14-19-28(27)35(31)20-8-5-11-23-26(20)32(19)18-13-12-16-15-6-1-3-9-21(15)37-29(16)30(18)38-23/h1-14H. The fraction of sp³-hybridized carbons (Fsp3) is 0. The van der Waals surface area contributed by atoms with Crippen LogP contribution in [0.25, 0.3) is 60.6 Å². The molecule has 7 heteroatoms. The van der Waals surface area contributed by atoms with Crippen molar-refractivity contribution in [1.82, 2.24) is 9.55 Å². The minimum Gasteiger partial charge on any atom is -0.456 e. The summed E-state index contributed by atoms with van der Waals surface area (Å²) in [4.78, 5) is 4.46. The van der Waals surface area contributed by atoms with E-state index >= 15 is 4.39 Å². The summed E-state index contributed by atoms with van der Waals surface area (Å²) in [5, 5.41) is 3.80. The average Bonchev–Trinajstić information content (AvgIpc) is 3.61. The van der Waals surface area contributed by atoms with E-state index in [0.717, 1.165) is 60.3 Å². The Bertz CT molecular complexity index is 2360. The van der Waals surface area contributed by atoms with Gasteiger partial charge in [0.2, 0.25) is 0 Å². The molecule has 0 amide bonds. The van der Waals surface area contributed by atoms with Gasteiger partial charge >= 0.3 is 0 Å². The van der Waals surface area contributed by atoms with Crippen LogP contribution in [0.3, 0.4) is 0 Å². The molecule has 3 aromatic heterocycles. The number of aromatic nitrogens is 2. The second-order valence-corrected chi connectivity index (χ2v) is 10.0. The first-order valence-electron chi connectivity index (χ1n) is 12.5. The van der Waals surface area contributed by atoms with Gasteiger partial charge in [0.05, 0.1) is 10.9 Å². The van der Waals surface area contributed by atoms with Crippen molar-refractivity contribution in [3.63, 3.8) is 0 Å². The predicted octanol–water partition coefficient (Wildman–Crippen LogP) is 5.90. The first kappa shape index (κ1) is 19.1. The molecule has 0 saturated carbocycles. The maximum absolute atomic E-state index is 15.7. The van der Waals surface area contributed by atoms with Gasteiger partial charge in [-0.2, -0.15) is 4.39 Å². The van der Waals surface area contributed by atoms with Gasteiger partial charge in [0, 0.05) is 21.8 Å². The Kier molecular flexibility index (Phi) is 3.15. The van der Waals surface area contributed by atoms with E-state index < -0.39 is 6.08 Å². The number of fused-ring (bicyclic) bond motifs is 12. The number of rotatable bonds is 0. The number of ether oxygens (including phenoxy) is 1. The molecule has 5 aromatic carbocycles. The summed E-state index contributed by atoms with van der Waals surface area (Å²) in [7, 11) is 0. The van der Waals surface area contributed by atoms with E-state index in [-0.39, 0.29) is 6.71 Å². The molecule has 10 rings (SSSR count). The van der Waals surface area contributed by atoms with Crippen molar-refractivity contribution in [2.45, 2.75) is 0 Å². The van der Waals surface area contributed by atoms with Crippen LogP contribution in [0, 0.1) is 6.08 Å². The van der Waals surface area contributed by atoms with E-state index in [2.05, 4.69) is 29.2 Å². The van der Waals surface area contributed by atoms with Crippen LogP contribution in [0.1, 0.15) is 0 Å². The molecule has 176 valence electrons. The molecule has 0 bridgehead atoms. The first-order valence-corrected chi connectivity index (χ1v) is 12.5. The molecule has 2 aliphatic rings. The third kappa shape index (κ3) is 2.07. The Labute approximate surface area is 213 Å². The number of benzene rings is 5. The van der Waals surface area contributed by atoms with Crippen LogP contribution >= 0.6 is 0 Å². The topological polar surface area (TPSA) is 53.3 Å². The van der Waals surface area contributed by atoms with Gasteiger partial charge in [-0.15, -0.1) is 0 Å². The van der Waals surface area contributed by atoms with Gasteiger partial charge in [-0.25, -0.2) is 4.98 Å². The van der Waals surface area contributed by atoms with Crippen molar-refractivity contribution >= 4 is 78.0 Å². The molecule has 0 N–H and O–H groups in total. The van der Waals surface area contributed by atoms with Crippen LogP contribution < -0.4 is 21.1 Å². The molecule has 2 aliphatic heterocycles. The van der Waals surface area contributed by atoms with Crippen LogP contribution in [0.15, 0.2) is 93.8 Å². The van der Waals surface area contributed by atoms with Crippen molar-refractivity contribution in [2.75, 3.05) is 0 Å². The lowest BCUT2D eigenvalue weighted by Crippen LogP contribution is -2.58. The lowest BCUT2D eigenvalue weighted by atomic mass is 9.34. The fourth-order valence-electron chi connectivity index (χ4n) is 6.70. The molecule has 0 atom stereocenters. The molecule has 5 heterocycles. The number of hydrogen-bond donors (Lipinski definition) is 0. The quantitative estimate of drug-likeness (QED) is 0.248. The fourth-order valence-corrected chi connectivity index (χ4v) is 6.70. The summed E-state index contributed by atoms with van der Waals surface area (Å²) in [6.07, 6.45) is -0.551. The zero-order valence-corrected chi connectivity index (χ0v) is 19.7. The number of furan rings is 2. The third-order valence-corrected chi connectivity index (χ3v) is 8.19. The van der Waals surface area contributed by atoms with Gasteiger partial charge in [0.15, 0.2) is 11.3 Å². The van der Waals surface area contributed by atoms with Crippen molar-refractivity contribution in [1.29, 1.82) is 0 Å². The number of nitrogens with zero attached hydrogens (tertiary/aromatic N) is 2. The molecular weight excluding hydrogens is 478 g/mol. The van der Waals surface area contributed by atoms with Crippen LogP contribution in [0.2, 0.25) is 0 Å². The molecule has 38 heavy (non-hydrogen) atoms. The minimum atomic E-state index is -0.551. The lowest BCUT2D eigenvalue weighted by Gasteiger charge is -2.32. The lowest BCUT2D eigenvalue weighted by molar-refractivity contribution is 0.479. The maximum atomic E-state index is 15.7. The Morgan fingerprint density at radius 2 is 1.55 bits per heavy atom. The predicted molar refractivity (Wildman–Crippen MR) is 147 cm³/mol. The second kappa shape index (κ2) is 6.26. The van der Waals surface area contributed by atoms with Crippen molar-refractivity contribution in [2.24, 2.45) is 0 Å². The normalized spacial score (nSPS) is 13.6. The molecule has 0 unspecified atom stereocenters. The van der Waals surface area contributed by atoms with E-state index in [1.165, 1.54) is 0 Å². The SMILES string of the molecule is Fc1nc2c3c(cc4c2n1-c1cccc2c1B4c1ccc4c(oc5ccccc54)c1O2)oc1ccccc13. The largest absolute Gasteiger partial charge is 0.456 e. The van der Waals surface area contributed by atoms with Crippen LogP contribution in [-0.2, 0) is 0 Å². The summed E-state index contributed by atoms with van der Waals surface area (Å²) in [5.74, 6) is 1.38. The molecule has 0 fully saturated rings. The highest BCUT2D eigenvalue weighted by atomic mass is 19.1. The highest BCUT2D eigenvalue weighted by Gasteiger charge is 2.42. The van der Waals surface area contributed by atoms with Crippen molar-refractivity contribution in [3.05, 3.63) is 91.0 Å². The number of para-hydroxylation sites is 2. The summed E-state index contributed by atoms with van der Waals surface area (Å²) >= 11 is 0. The van der Waals surface area contributed by atoms with E-state index in [0.29, 0.717) is 28.2 Å². The average molecular weight is 492 g/mol. The molecule has 5 nitrogen and oxygen atoms in total. The van der Waals surface area contributed by atoms with Gasteiger partial charge < -0.3 is 13.6 Å². The summed E-state index contributed by atoms with van der Waals surface area (Å²) in [6.45, 7) is -0.203. The van der Waals surface area contributed by atoms with Gasteiger partial charge in [-0.3, -0.25) is 4.57 Å². The monoisotopic (exact) mass is 492 g/mol. The zero-order chi connectivity index (χ0) is 24.7. The Hall–Kier alpha value is -5.04. The smallest absolute Gasteiger partial charge is 0.294 e. The van der Waals surface area contributed by atoms with Crippen LogP contribution in [-0.4, -0.2) is 16.3 Å².